The normalized spacial score (nSPS) is 10.3. The zero-order valence-electron chi connectivity index (χ0n) is 9.98. The molecule has 1 aromatic heterocycles. The molecule has 0 fully saturated rings. The number of hydrogen-bond donors (Lipinski definition) is 1. The molecule has 0 aliphatic rings. The fraction of sp³-hybridized carbons (Fsp3) is 0.0769. The summed E-state index contributed by atoms with van der Waals surface area (Å²) in [5, 5.41) is 0. The molecule has 0 amide bonds. The van der Waals surface area contributed by atoms with Gasteiger partial charge in [0.15, 0.2) is 11.6 Å². The van der Waals surface area contributed by atoms with Gasteiger partial charge in [-0.1, -0.05) is 12.2 Å². The second-order valence-electron chi connectivity index (χ2n) is 3.85. The number of halogens is 2. The topological polar surface area (TPSA) is 48.1 Å². The Morgan fingerprint density at radius 2 is 2.00 bits per heavy atom. The number of hydrogen-bond acceptors (Lipinski definition) is 3. The molecule has 0 saturated heterocycles. The van der Waals surface area contributed by atoms with E-state index in [9.17, 15) is 8.78 Å². The molecule has 1 aromatic carbocycles. The van der Waals surface area contributed by atoms with Crippen molar-refractivity contribution in [2.45, 2.75) is 6.92 Å². The maximum atomic E-state index is 13.5. The summed E-state index contributed by atoms with van der Waals surface area (Å²) in [6.07, 6.45) is 0. The Balaban J connectivity index is 2.45. The van der Waals surface area contributed by atoms with Crippen molar-refractivity contribution in [3.8, 4) is 11.6 Å². The van der Waals surface area contributed by atoms with E-state index in [4.69, 9.17) is 22.7 Å². The predicted molar refractivity (Wildman–Crippen MR) is 71.3 cm³/mol. The highest BCUT2D eigenvalue weighted by atomic mass is 32.1. The molecule has 3 nitrogen and oxygen atoms in total. The molecule has 0 radical (unpaired) electrons. The SMILES string of the molecule is Cc1ccc(C(N)=S)c(Oc2cc(F)ccc2F)n1. The first-order valence-corrected chi connectivity index (χ1v) is 5.78. The maximum Gasteiger partial charge on any atom is 0.229 e. The van der Waals surface area contributed by atoms with Gasteiger partial charge in [0.1, 0.15) is 10.8 Å². The predicted octanol–water partition coefficient (Wildman–Crippen LogP) is 3.09. The molecule has 0 spiro atoms. The lowest BCUT2D eigenvalue weighted by Crippen LogP contribution is -2.12. The number of benzene rings is 1. The summed E-state index contributed by atoms with van der Waals surface area (Å²) in [6, 6.07) is 6.23. The summed E-state index contributed by atoms with van der Waals surface area (Å²) in [6.45, 7) is 1.73. The number of ether oxygens (including phenoxy) is 1. The zero-order valence-corrected chi connectivity index (χ0v) is 10.8. The number of aromatic nitrogens is 1. The second kappa shape index (κ2) is 5.27. The molecule has 0 unspecified atom stereocenters. The average Bonchev–Trinajstić information content (AvgIpc) is 2.33. The molecule has 0 aliphatic heterocycles. The van der Waals surface area contributed by atoms with E-state index >= 15 is 0 Å². The van der Waals surface area contributed by atoms with Gasteiger partial charge in [-0.2, -0.15) is 0 Å². The lowest BCUT2D eigenvalue weighted by molar-refractivity contribution is 0.421. The lowest BCUT2D eigenvalue weighted by atomic mass is 10.2. The summed E-state index contributed by atoms with van der Waals surface area (Å²) < 4.78 is 31.8. The van der Waals surface area contributed by atoms with Gasteiger partial charge in [0, 0.05) is 11.8 Å². The van der Waals surface area contributed by atoms with E-state index in [0.717, 1.165) is 18.2 Å². The van der Waals surface area contributed by atoms with Crippen LogP contribution in [0.1, 0.15) is 11.3 Å². The Bertz CT molecular complexity index is 647. The Kier molecular flexibility index (Phi) is 3.71. The van der Waals surface area contributed by atoms with Crippen molar-refractivity contribution >= 4 is 17.2 Å². The third kappa shape index (κ3) is 3.03. The van der Waals surface area contributed by atoms with E-state index in [1.165, 1.54) is 0 Å². The molecule has 2 rings (SSSR count). The third-order valence-electron chi connectivity index (χ3n) is 2.36. The van der Waals surface area contributed by atoms with E-state index in [0.29, 0.717) is 11.3 Å². The van der Waals surface area contributed by atoms with E-state index in [2.05, 4.69) is 4.98 Å². The van der Waals surface area contributed by atoms with Crippen LogP contribution in [0.2, 0.25) is 0 Å². The number of thiocarbonyl (C=S) groups is 1. The van der Waals surface area contributed by atoms with Crippen LogP contribution in [0.25, 0.3) is 0 Å². The fourth-order valence-corrected chi connectivity index (χ4v) is 1.61. The highest BCUT2D eigenvalue weighted by Gasteiger charge is 2.13. The van der Waals surface area contributed by atoms with Crippen molar-refractivity contribution in [2.24, 2.45) is 5.73 Å². The molecular weight excluding hydrogens is 270 g/mol. The Labute approximate surface area is 114 Å². The summed E-state index contributed by atoms with van der Waals surface area (Å²) in [7, 11) is 0. The van der Waals surface area contributed by atoms with Gasteiger partial charge in [-0.05, 0) is 31.2 Å². The summed E-state index contributed by atoms with van der Waals surface area (Å²) >= 11 is 4.86. The summed E-state index contributed by atoms with van der Waals surface area (Å²) in [5.41, 5.74) is 6.54. The molecule has 0 atom stereocenters. The number of nitrogens with zero attached hydrogens (tertiary/aromatic N) is 1. The quantitative estimate of drug-likeness (QED) is 0.878. The first kappa shape index (κ1) is 13.4. The highest BCUT2D eigenvalue weighted by Crippen LogP contribution is 2.26. The molecule has 2 aromatic rings. The van der Waals surface area contributed by atoms with Gasteiger partial charge in [-0.25, -0.2) is 13.8 Å². The van der Waals surface area contributed by atoms with E-state index in [1.54, 1.807) is 19.1 Å². The molecular formula is C13H10F2N2OS. The smallest absolute Gasteiger partial charge is 0.229 e. The van der Waals surface area contributed by atoms with Gasteiger partial charge in [-0.15, -0.1) is 0 Å². The van der Waals surface area contributed by atoms with Crippen LogP contribution in [0.15, 0.2) is 30.3 Å². The van der Waals surface area contributed by atoms with Crippen LogP contribution in [0, 0.1) is 18.6 Å². The molecule has 0 saturated carbocycles. The maximum absolute atomic E-state index is 13.5. The highest BCUT2D eigenvalue weighted by molar-refractivity contribution is 7.80. The van der Waals surface area contributed by atoms with Gasteiger partial charge >= 0.3 is 0 Å². The fourth-order valence-electron chi connectivity index (χ4n) is 1.46. The van der Waals surface area contributed by atoms with Gasteiger partial charge in [-0.3, -0.25) is 0 Å². The minimum Gasteiger partial charge on any atom is -0.435 e. The lowest BCUT2D eigenvalue weighted by Gasteiger charge is -2.10. The van der Waals surface area contributed by atoms with Crippen LogP contribution >= 0.6 is 12.2 Å². The summed E-state index contributed by atoms with van der Waals surface area (Å²) in [5.74, 6) is -1.52. The van der Waals surface area contributed by atoms with Crippen molar-refractivity contribution in [3.63, 3.8) is 0 Å². The molecule has 19 heavy (non-hydrogen) atoms. The van der Waals surface area contributed by atoms with E-state index < -0.39 is 11.6 Å². The van der Waals surface area contributed by atoms with Crippen molar-refractivity contribution in [1.82, 2.24) is 4.98 Å². The second-order valence-corrected chi connectivity index (χ2v) is 4.29. The molecule has 0 bridgehead atoms. The molecule has 0 aliphatic carbocycles. The first-order valence-electron chi connectivity index (χ1n) is 5.37. The first-order chi connectivity index (χ1) is 8.97. The van der Waals surface area contributed by atoms with Crippen LogP contribution in [-0.2, 0) is 0 Å². The minimum absolute atomic E-state index is 0.0528. The van der Waals surface area contributed by atoms with Crippen molar-refractivity contribution in [1.29, 1.82) is 0 Å². The van der Waals surface area contributed by atoms with Crippen molar-refractivity contribution in [3.05, 3.63) is 53.2 Å². The largest absolute Gasteiger partial charge is 0.435 e. The Hall–Kier alpha value is -2.08. The monoisotopic (exact) mass is 280 g/mol. The summed E-state index contributed by atoms with van der Waals surface area (Å²) in [4.78, 5) is 4.15. The van der Waals surface area contributed by atoms with E-state index in [-0.39, 0.29) is 16.6 Å². The number of aryl methyl sites for hydroxylation is 1. The number of rotatable bonds is 3. The van der Waals surface area contributed by atoms with Gasteiger partial charge < -0.3 is 10.5 Å². The Morgan fingerprint density at radius 3 is 2.68 bits per heavy atom. The van der Waals surface area contributed by atoms with Crippen LogP contribution in [0.3, 0.4) is 0 Å². The van der Waals surface area contributed by atoms with Crippen LogP contribution < -0.4 is 10.5 Å². The third-order valence-corrected chi connectivity index (χ3v) is 2.58. The number of nitrogens with two attached hydrogens (primary N) is 1. The molecule has 2 N–H and O–H groups in total. The van der Waals surface area contributed by atoms with Crippen LogP contribution in [-0.4, -0.2) is 9.97 Å². The number of pyridine rings is 1. The molecule has 1 heterocycles. The van der Waals surface area contributed by atoms with Gasteiger partial charge in [0.2, 0.25) is 5.88 Å². The average molecular weight is 280 g/mol. The van der Waals surface area contributed by atoms with Gasteiger partial charge in [0.05, 0.1) is 5.56 Å². The minimum atomic E-state index is -0.696. The standard InChI is InChI=1S/C13H10F2N2OS/c1-7-2-4-9(12(16)19)13(17-7)18-11-6-8(14)3-5-10(11)15/h2-6H,1H3,(H2,16,19). The van der Waals surface area contributed by atoms with Gasteiger partial charge in [0.25, 0.3) is 0 Å². The molecule has 98 valence electrons. The van der Waals surface area contributed by atoms with Crippen LogP contribution in [0.4, 0.5) is 8.78 Å². The van der Waals surface area contributed by atoms with E-state index in [1.807, 2.05) is 0 Å². The Morgan fingerprint density at radius 1 is 1.26 bits per heavy atom. The van der Waals surface area contributed by atoms with Crippen LogP contribution in [0.5, 0.6) is 11.6 Å². The molecule has 6 heteroatoms. The zero-order chi connectivity index (χ0) is 14.0. The van der Waals surface area contributed by atoms with Crippen molar-refractivity contribution < 1.29 is 13.5 Å². The van der Waals surface area contributed by atoms with Crippen molar-refractivity contribution in [2.75, 3.05) is 0 Å².